The summed E-state index contributed by atoms with van der Waals surface area (Å²) in [4.78, 5) is 16.1. The summed E-state index contributed by atoms with van der Waals surface area (Å²) in [7, 11) is 0. The predicted octanol–water partition coefficient (Wildman–Crippen LogP) is -0.510. The molecule has 15 heavy (non-hydrogen) atoms. The van der Waals surface area contributed by atoms with Gasteiger partial charge in [0.15, 0.2) is 0 Å². The van der Waals surface area contributed by atoms with Crippen LogP contribution < -0.4 is 10.6 Å². The molecule has 0 radical (unpaired) electrons. The van der Waals surface area contributed by atoms with E-state index in [-0.39, 0.29) is 11.9 Å². The molecule has 0 unspecified atom stereocenters. The van der Waals surface area contributed by atoms with Crippen molar-refractivity contribution >= 4 is 11.6 Å². The molecule has 1 atom stereocenters. The van der Waals surface area contributed by atoms with E-state index in [1.807, 2.05) is 0 Å². The van der Waals surface area contributed by atoms with Crippen molar-refractivity contribution in [2.24, 2.45) is 5.16 Å². The standard InChI is InChI=1S/C10H15N3O2/c1-3-4-8(2)13-15-7-9-5-11-6-10(14)12-9/h9,11H,5-7H2,1-2H3,(H,12,14)/b13-8-/t9-/m0/s1. The summed E-state index contributed by atoms with van der Waals surface area (Å²) in [6, 6.07) is -0.0163. The van der Waals surface area contributed by atoms with Crippen LogP contribution in [0.1, 0.15) is 13.8 Å². The SMILES string of the molecule is CC#C/C(C)=N\OC[C@@H]1CNCC(=O)N1. The lowest BCUT2D eigenvalue weighted by atomic mass is 10.2. The molecule has 1 fully saturated rings. The van der Waals surface area contributed by atoms with Crippen LogP contribution in [-0.4, -0.2) is 37.4 Å². The van der Waals surface area contributed by atoms with Crippen molar-refractivity contribution in [1.29, 1.82) is 0 Å². The fourth-order valence-electron chi connectivity index (χ4n) is 1.22. The van der Waals surface area contributed by atoms with Crippen LogP contribution >= 0.6 is 0 Å². The quantitative estimate of drug-likeness (QED) is 0.374. The highest BCUT2D eigenvalue weighted by Crippen LogP contribution is 1.91. The Morgan fingerprint density at radius 1 is 1.73 bits per heavy atom. The Balaban J connectivity index is 2.26. The monoisotopic (exact) mass is 209 g/mol. The summed E-state index contributed by atoms with van der Waals surface area (Å²) >= 11 is 0. The molecular weight excluding hydrogens is 194 g/mol. The first-order valence-electron chi connectivity index (χ1n) is 4.81. The van der Waals surface area contributed by atoms with E-state index >= 15 is 0 Å². The van der Waals surface area contributed by atoms with Crippen LogP contribution in [0.2, 0.25) is 0 Å². The second kappa shape index (κ2) is 6.04. The molecule has 82 valence electrons. The Kier molecular flexibility index (Phi) is 4.64. The van der Waals surface area contributed by atoms with E-state index in [1.54, 1.807) is 13.8 Å². The van der Waals surface area contributed by atoms with Gasteiger partial charge in [-0.05, 0) is 19.8 Å². The third-order valence-electron chi connectivity index (χ3n) is 1.82. The molecule has 0 aliphatic carbocycles. The highest BCUT2D eigenvalue weighted by molar-refractivity contribution is 5.97. The largest absolute Gasteiger partial charge is 0.393 e. The van der Waals surface area contributed by atoms with E-state index in [9.17, 15) is 4.79 Å². The number of hydrogen-bond donors (Lipinski definition) is 2. The highest BCUT2D eigenvalue weighted by Gasteiger charge is 2.17. The first kappa shape index (κ1) is 11.5. The lowest BCUT2D eigenvalue weighted by molar-refractivity contribution is -0.122. The number of carbonyl (C=O) groups excluding carboxylic acids is 1. The number of piperazine rings is 1. The van der Waals surface area contributed by atoms with Crippen LogP contribution in [0.15, 0.2) is 5.16 Å². The Morgan fingerprint density at radius 2 is 2.53 bits per heavy atom. The van der Waals surface area contributed by atoms with Gasteiger partial charge in [-0.2, -0.15) is 0 Å². The van der Waals surface area contributed by atoms with Gasteiger partial charge in [0.1, 0.15) is 12.3 Å². The van der Waals surface area contributed by atoms with Crippen LogP contribution in [0.5, 0.6) is 0 Å². The van der Waals surface area contributed by atoms with Gasteiger partial charge in [0, 0.05) is 6.54 Å². The van der Waals surface area contributed by atoms with Gasteiger partial charge in [-0.3, -0.25) is 4.79 Å². The van der Waals surface area contributed by atoms with E-state index in [0.717, 1.165) is 0 Å². The summed E-state index contributed by atoms with van der Waals surface area (Å²) in [5, 5.41) is 9.57. The molecule has 1 amide bonds. The van der Waals surface area contributed by atoms with Crippen molar-refractivity contribution in [3.8, 4) is 11.8 Å². The zero-order valence-electron chi connectivity index (χ0n) is 8.96. The summed E-state index contributed by atoms with van der Waals surface area (Å²) in [6.45, 7) is 4.96. The van der Waals surface area contributed by atoms with Gasteiger partial charge in [0.25, 0.3) is 0 Å². The molecule has 0 aromatic rings. The molecule has 2 N–H and O–H groups in total. The normalized spacial score (nSPS) is 21.3. The minimum absolute atomic E-state index is 0.0103. The lowest BCUT2D eigenvalue weighted by Crippen LogP contribution is -2.53. The van der Waals surface area contributed by atoms with Crippen molar-refractivity contribution in [1.82, 2.24) is 10.6 Å². The van der Waals surface area contributed by atoms with Gasteiger partial charge < -0.3 is 15.5 Å². The van der Waals surface area contributed by atoms with Gasteiger partial charge in [-0.1, -0.05) is 11.1 Å². The van der Waals surface area contributed by atoms with E-state index < -0.39 is 0 Å². The van der Waals surface area contributed by atoms with Crippen LogP contribution in [-0.2, 0) is 9.63 Å². The van der Waals surface area contributed by atoms with Crippen molar-refractivity contribution in [3.63, 3.8) is 0 Å². The molecule has 0 aromatic heterocycles. The zero-order valence-corrected chi connectivity index (χ0v) is 8.96. The predicted molar refractivity (Wildman–Crippen MR) is 57.3 cm³/mol. The minimum Gasteiger partial charge on any atom is -0.393 e. The third-order valence-corrected chi connectivity index (χ3v) is 1.82. The van der Waals surface area contributed by atoms with Gasteiger partial charge in [-0.25, -0.2) is 0 Å². The number of carbonyl (C=O) groups is 1. The zero-order chi connectivity index (χ0) is 11.1. The molecule has 5 heteroatoms. The van der Waals surface area contributed by atoms with Crippen LogP contribution in [0.25, 0.3) is 0 Å². The Labute approximate surface area is 89.2 Å². The molecule has 0 saturated carbocycles. The molecule has 0 bridgehead atoms. The maximum Gasteiger partial charge on any atom is 0.234 e. The first-order chi connectivity index (χ1) is 7.22. The molecule has 1 aliphatic heterocycles. The van der Waals surface area contributed by atoms with Crippen molar-refractivity contribution in [2.45, 2.75) is 19.9 Å². The van der Waals surface area contributed by atoms with Crippen LogP contribution in [0, 0.1) is 11.8 Å². The summed E-state index contributed by atoms with van der Waals surface area (Å²) in [5.41, 5.74) is 0.632. The number of hydrogen-bond acceptors (Lipinski definition) is 4. The summed E-state index contributed by atoms with van der Waals surface area (Å²) < 4.78 is 0. The number of amides is 1. The van der Waals surface area contributed by atoms with Crippen LogP contribution in [0.4, 0.5) is 0 Å². The average molecular weight is 209 g/mol. The Morgan fingerprint density at radius 3 is 3.20 bits per heavy atom. The summed E-state index contributed by atoms with van der Waals surface area (Å²) in [6.07, 6.45) is 0. The second-order valence-corrected chi connectivity index (χ2v) is 3.24. The molecule has 1 heterocycles. The fourth-order valence-corrected chi connectivity index (χ4v) is 1.22. The number of oxime groups is 1. The summed E-state index contributed by atoms with van der Waals surface area (Å²) in [5.74, 6) is 5.47. The van der Waals surface area contributed by atoms with Gasteiger partial charge in [0.2, 0.25) is 5.91 Å². The van der Waals surface area contributed by atoms with Crippen molar-refractivity contribution in [3.05, 3.63) is 0 Å². The molecule has 5 nitrogen and oxygen atoms in total. The Hall–Kier alpha value is -1.54. The van der Waals surface area contributed by atoms with E-state index in [2.05, 4.69) is 27.6 Å². The van der Waals surface area contributed by atoms with Gasteiger partial charge in [0.05, 0.1) is 12.6 Å². The maximum atomic E-state index is 11.0. The molecule has 1 aliphatic rings. The minimum atomic E-state index is -0.0163. The molecule has 1 rings (SSSR count). The number of rotatable bonds is 3. The fraction of sp³-hybridized carbons (Fsp3) is 0.600. The van der Waals surface area contributed by atoms with E-state index in [0.29, 0.717) is 25.4 Å². The average Bonchev–Trinajstić information content (AvgIpc) is 2.18. The lowest BCUT2D eigenvalue weighted by Gasteiger charge is -2.22. The molecule has 0 aromatic carbocycles. The highest BCUT2D eigenvalue weighted by atomic mass is 16.6. The molecule has 1 saturated heterocycles. The smallest absolute Gasteiger partial charge is 0.234 e. The Bertz CT molecular complexity index is 314. The van der Waals surface area contributed by atoms with Gasteiger partial charge in [-0.15, -0.1) is 0 Å². The van der Waals surface area contributed by atoms with E-state index in [1.165, 1.54) is 0 Å². The van der Waals surface area contributed by atoms with Crippen molar-refractivity contribution < 1.29 is 9.63 Å². The second-order valence-electron chi connectivity index (χ2n) is 3.24. The molecule has 0 spiro atoms. The van der Waals surface area contributed by atoms with E-state index in [4.69, 9.17) is 4.84 Å². The van der Waals surface area contributed by atoms with Crippen molar-refractivity contribution in [2.75, 3.05) is 19.7 Å². The van der Waals surface area contributed by atoms with Gasteiger partial charge >= 0.3 is 0 Å². The number of nitrogens with zero attached hydrogens (tertiary/aromatic N) is 1. The maximum absolute atomic E-state index is 11.0. The first-order valence-corrected chi connectivity index (χ1v) is 4.81. The molecular formula is C10H15N3O2. The third kappa shape index (κ3) is 4.47. The topological polar surface area (TPSA) is 62.7 Å². The number of nitrogens with one attached hydrogen (secondary N) is 2. The van der Waals surface area contributed by atoms with Crippen LogP contribution in [0.3, 0.4) is 0 Å².